The second-order valence-electron chi connectivity index (χ2n) is 6.72. The van der Waals surface area contributed by atoms with Crippen molar-refractivity contribution in [1.82, 2.24) is 0 Å². The van der Waals surface area contributed by atoms with E-state index in [1.165, 1.54) is 0 Å². The first-order chi connectivity index (χ1) is 11.1. The van der Waals surface area contributed by atoms with Gasteiger partial charge in [0.05, 0.1) is 8.07 Å². The third-order valence-corrected chi connectivity index (χ3v) is 5.83. The van der Waals surface area contributed by atoms with Crippen molar-refractivity contribution in [3.8, 4) is 0 Å². The van der Waals surface area contributed by atoms with Gasteiger partial charge >= 0.3 is 6.18 Å². The van der Waals surface area contributed by atoms with Gasteiger partial charge in [-0.1, -0.05) is 80.3 Å². The topological polar surface area (TPSA) is 20.2 Å². The number of alkyl halides is 3. The van der Waals surface area contributed by atoms with E-state index in [9.17, 15) is 18.3 Å². The summed E-state index contributed by atoms with van der Waals surface area (Å²) in [6.45, 7) is 4.95. The van der Waals surface area contributed by atoms with Crippen LogP contribution in [0, 0.1) is 0 Å². The molecule has 0 aliphatic rings. The molecule has 0 spiro atoms. The van der Waals surface area contributed by atoms with Gasteiger partial charge in [0, 0.05) is 5.20 Å². The van der Waals surface area contributed by atoms with E-state index in [2.05, 4.69) is 0 Å². The molecule has 2 rings (SSSR count). The van der Waals surface area contributed by atoms with Crippen LogP contribution >= 0.6 is 0 Å². The van der Waals surface area contributed by atoms with Crippen LogP contribution in [-0.4, -0.2) is 19.4 Å². The Balaban J connectivity index is 2.78. The number of rotatable bonds is 4. The van der Waals surface area contributed by atoms with Gasteiger partial charge in [0.1, 0.15) is 6.10 Å². The van der Waals surface area contributed by atoms with E-state index >= 15 is 0 Å². The van der Waals surface area contributed by atoms with Gasteiger partial charge in [0.2, 0.25) is 0 Å². The lowest BCUT2D eigenvalue weighted by atomic mass is 9.94. The van der Waals surface area contributed by atoms with Gasteiger partial charge in [-0.2, -0.15) is 13.2 Å². The fraction of sp³-hybridized carbons (Fsp3) is 0.263. The Hall–Kier alpha value is -1.85. The maximum absolute atomic E-state index is 13.9. The Kier molecular flexibility index (Phi) is 5.35. The van der Waals surface area contributed by atoms with Crippen LogP contribution in [0.15, 0.2) is 65.9 Å². The summed E-state index contributed by atoms with van der Waals surface area (Å²) in [6, 6.07) is 16.8. The van der Waals surface area contributed by atoms with Gasteiger partial charge in [-0.25, -0.2) is 0 Å². The molecule has 128 valence electrons. The molecule has 24 heavy (non-hydrogen) atoms. The Bertz CT molecular complexity index is 685. The zero-order valence-electron chi connectivity index (χ0n) is 13.9. The minimum atomic E-state index is -4.48. The van der Waals surface area contributed by atoms with Crippen LogP contribution in [0.1, 0.15) is 17.2 Å². The van der Waals surface area contributed by atoms with Crippen LogP contribution in [0.4, 0.5) is 13.2 Å². The number of halogens is 3. The molecule has 0 bridgehead atoms. The lowest BCUT2D eigenvalue weighted by Gasteiger charge is -2.30. The molecule has 0 fully saturated rings. The smallest absolute Gasteiger partial charge is 0.384 e. The van der Waals surface area contributed by atoms with Crippen molar-refractivity contribution in [3.05, 3.63) is 77.0 Å². The molecular formula is C19H21F3OSi. The summed E-state index contributed by atoms with van der Waals surface area (Å²) in [5.41, 5.74) is 0.827. The van der Waals surface area contributed by atoms with Crippen LogP contribution < -0.4 is 0 Å². The minimum absolute atomic E-state index is 0.0338. The molecule has 0 radical (unpaired) electrons. The summed E-state index contributed by atoms with van der Waals surface area (Å²) >= 11 is 0. The number of hydrogen-bond acceptors (Lipinski definition) is 1. The van der Waals surface area contributed by atoms with Crippen molar-refractivity contribution in [2.45, 2.75) is 31.9 Å². The summed E-state index contributed by atoms with van der Waals surface area (Å²) in [4.78, 5) is 0. The Morgan fingerprint density at radius 1 is 0.875 bits per heavy atom. The van der Waals surface area contributed by atoms with Crippen molar-refractivity contribution in [1.29, 1.82) is 0 Å². The SMILES string of the molecule is C[Si](C)(C)/C(=C(\c1ccccc1)C(O)c1ccccc1)C(F)(F)F. The van der Waals surface area contributed by atoms with E-state index in [0.29, 0.717) is 11.1 Å². The maximum Gasteiger partial charge on any atom is 0.409 e. The van der Waals surface area contributed by atoms with Gasteiger partial charge in [-0.05, 0) is 16.7 Å². The Morgan fingerprint density at radius 3 is 1.75 bits per heavy atom. The summed E-state index contributed by atoms with van der Waals surface area (Å²) in [6.07, 6.45) is -5.80. The molecule has 0 aliphatic carbocycles. The quantitative estimate of drug-likeness (QED) is 0.710. The summed E-state index contributed by atoms with van der Waals surface area (Å²) < 4.78 is 41.7. The number of aliphatic hydroxyl groups excluding tert-OH is 1. The molecule has 1 nitrogen and oxygen atoms in total. The third-order valence-electron chi connectivity index (χ3n) is 3.78. The van der Waals surface area contributed by atoms with Crippen LogP contribution in [0.2, 0.25) is 19.6 Å². The maximum atomic E-state index is 13.9. The van der Waals surface area contributed by atoms with E-state index < -0.39 is 25.6 Å². The first-order valence-electron chi connectivity index (χ1n) is 7.72. The second-order valence-corrected chi connectivity index (χ2v) is 11.7. The summed E-state index contributed by atoms with van der Waals surface area (Å²) in [5.74, 6) is 0. The van der Waals surface area contributed by atoms with E-state index in [-0.39, 0.29) is 5.57 Å². The van der Waals surface area contributed by atoms with E-state index in [0.717, 1.165) is 0 Å². The largest absolute Gasteiger partial charge is 0.409 e. The molecule has 2 aromatic carbocycles. The average Bonchev–Trinajstić information content (AvgIpc) is 2.51. The normalized spacial score (nSPS) is 15.0. The zero-order chi connectivity index (χ0) is 18.0. The predicted octanol–water partition coefficient (Wildman–Crippen LogP) is 5.61. The first kappa shape index (κ1) is 18.5. The number of allylic oxidation sites excluding steroid dienone is 1. The molecule has 0 aliphatic heterocycles. The lowest BCUT2D eigenvalue weighted by Crippen LogP contribution is -2.36. The minimum Gasteiger partial charge on any atom is -0.384 e. The molecule has 0 saturated carbocycles. The van der Waals surface area contributed by atoms with Crippen molar-refractivity contribution >= 4 is 13.6 Å². The van der Waals surface area contributed by atoms with Gasteiger partial charge in [-0.15, -0.1) is 0 Å². The van der Waals surface area contributed by atoms with Crippen LogP contribution in [-0.2, 0) is 0 Å². The third kappa shape index (κ3) is 4.16. The van der Waals surface area contributed by atoms with Gasteiger partial charge in [-0.3, -0.25) is 0 Å². The monoisotopic (exact) mass is 350 g/mol. The van der Waals surface area contributed by atoms with Crippen molar-refractivity contribution in [3.63, 3.8) is 0 Å². The van der Waals surface area contributed by atoms with Crippen molar-refractivity contribution in [2.24, 2.45) is 0 Å². The zero-order valence-corrected chi connectivity index (χ0v) is 14.9. The molecule has 2 aromatic rings. The number of benzene rings is 2. The second kappa shape index (κ2) is 6.95. The standard InChI is InChI=1S/C19H21F3OSi/c1-24(2,3)18(19(20,21)22)16(14-10-6-4-7-11-14)17(23)15-12-8-5-9-13-15/h4-13,17,23H,1-3H3/b18-16+. The Morgan fingerprint density at radius 2 is 1.33 bits per heavy atom. The van der Waals surface area contributed by atoms with Gasteiger partial charge in [0.15, 0.2) is 0 Å². The highest BCUT2D eigenvalue weighted by Gasteiger charge is 2.45. The molecule has 0 amide bonds. The first-order valence-corrected chi connectivity index (χ1v) is 11.2. The van der Waals surface area contributed by atoms with Crippen LogP contribution in [0.3, 0.4) is 0 Å². The van der Waals surface area contributed by atoms with Crippen molar-refractivity contribution in [2.75, 3.05) is 0 Å². The molecular weight excluding hydrogens is 329 g/mol. The molecule has 0 aromatic heterocycles. The van der Waals surface area contributed by atoms with E-state index in [4.69, 9.17) is 0 Å². The molecule has 0 heterocycles. The van der Waals surface area contributed by atoms with E-state index in [1.54, 1.807) is 80.3 Å². The predicted molar refractivity (Wildman–Crippen MR) is 94.2 cm³/mol. The molecule has 1 atom stereocenters. The fourth-order valence-electron chi connectivity index (χ4n) is 2.84. The molecule has 1 N–H and O–H groups in total. The summed E-state index contributed by atoms with van der Waals surface area (Å²) in [5, 5.41) is 10.2. The average molecular weight is 350 g/mol. The molecule has 0 saturated heterocycles. The van der Waals surface area contributed by atoms with E-state index in [1.807, 2.05) is 0 Å². The Labute approximate surface area is 141 Å². The van der Waals surface area contributed by atoms with Crippen molar-refractivity contribution < 1.29 is 18.3 Å². The molecule has 5 heteroatoms. The van der Waals surface area contributed by atoms with Gasteiger partial charge < -0.3 is 5.11 Å². The van der Waals surface area contributed by atoms with Crippen LogP contribution in [0.25, 0.3) is 5.57 Å². The lowest BCUT2D eigenvalue weighted by molar-refractivity contribution is -0.0857. The highest BCUT2D eigenvalue weighted by molar-refractivity contribution is 6.84. The highest BCUT2D eigenvalue weighted by Crippen LogP contribution is 2.43. The fourth-order valence-corrected chi connectivity index (χ4v) is 4.78. The summed E-state index contributed by atoms with van der Waals surface area (Å²) in [7, 11) is -2.77. The van der Waals surface area contributed by atoms with Crippen LogP contribution in [0.5, 0.6) is 0 Å². The van der Waals surface area contributed by atoms with Gasteiger partial charge in [0.25, 0.3) is 0 Å². The number of hydrogen-bond donors (Lipinski definition) is 1. The number of aliphatic hydroxyl groups is 1. The highest BCUT2D eigenvalue weighted by atomic mass is 28.3. The molecule has 1 unspecified atom stereocenters.